The first-order chi connectivity index (χ1) is 15.2. The maximum atomic E-state index is 14.8. The highest BCUT2D eigenvalue weighted by Gasteiger charge is 2.22. The van der Waals surface area contributed by atoms with Crippen molar-refractivity contribution >= 4 is 10.9 Å². The van der Waals surface area contributed by atoms with Crippen molar-refractivity contribution in [2.45, 2.75) is 18.8 Å². The van der Waals surface area contributed by atoms with Crippen LogP contribution in [0.4, 0.5) is 4.39 Å². The van der Waals surface area contributed by atoms with E-state index in [4.69, 9.17) is 14.8 Å². The molecule has 3 aromatic heterocycles. The molecule has 0 bridgehead atoms. The van der Waals surface area contributed by atoms with Crippen LogP contribution in [-0.2, 0) is 0 Å². The summed E-state index contributed by atoms with van der Waals surface area (Å²) in [4.78, 5) is 11.6. The van der Waals surface area contributed by atoms with Crippen molar-refractivity contribution in [3.8, 4) is 22.8 Å². The van der Waals surface area contributed by atoms with Gasteiger partial charge >= 0.3 is 0 Å². The average molecular weight is 417 g/mol. The lowest BCUT2D eigenvalue weighted by molar-refractivity contribution is 0.253. The lowest BCUT2D eigenvalue weighted by Crippen LogP contribution is -2.29. The van der Waals surface area contributed by atoms with Gasteiger partial charge in [0.05, 0.1) is 24.5 Å². The molecule has 1 aliphatic rings. The third-order valence-corrected chi connectivity index (χ3v) is 6.01. The molecule has 1 aromatic carbocycles. The maximum Gasteiger partial charge on any atom is 0.152 e. The lowest BCUT2D eigenvalue weighted by Gasteiger charge is -2.28. The molecule has 0 radical (unpaired) electrons. The standard InChI is InChI=1S/C24H24FN5O/c1-29-13-10-16(11-14-29)19-6-4-7-20(27-19)23-17-9-12-26-15-21(17)30(28-23)24-18(25)5-3-8-22(24)31-2/h3-9,12,15-16H,10-11,13-14H2,1-2H3. The van der Waals surface area contributed by atoms with Crippen molar-refractivity contribution in [2.24, 2.45) is 0 Å². The number of likely N-dealkylation sites (tertiary alicyclic amines) is 1. The van der Waals surface area contributed by atoms with Crippen LogP contribution in [0, 0.1) is 5.82 Å². The van der Waals surface area contributed by atoms with Crippen molar-refractivity contribution in [1.82, 2.24) is 24.6 Å². The van der Waals surface area contributed by atoms with Gasteiger partial charge in [-0.25, -0.2) is 9.07 Å². The summed E-state index contributed by atoms with van der Waals surface area (Å²) >= 11 is 0. The molecule has 0 N–H and O–H groups in total. The van der Waals surface area contributed by atoms with Gasteiger partial charge in [0, 0.05) is 23.2 Å². The van der Waals surface area contributed by atoms with E-state index in [0.29, 0.717) is 22.9 Å². The number of pyridine rings is 2. The van der Waals surface area contributed by atoms with Crippen LogP contribution >= 0.6 is 0 Å². The Kier molecular flexibility index (Phi) is 5.11. The van der Waals surface area contributed by atoms with Crippen LogP contribution < -0.4 is 4.74 Å². The molecule has 5 rings (SSSR count). The number of aromatic nitrogens is 4. The van der Waals surface area contributed by atoms with Crippen LogP contribution in [0.15, 0.2) is 54.9 Å². The van der Waals surface area contributed by atoms with Gasteiger partial charge < -0.3 is 9.64 Å². The van der Waals surface area contributed by atoms with Crippen molar-refractivity contribution in [2.75, 3.05) is 27.2 Å². The van der Waals surface area contributed by atoms with Crippen molar-refractivity contribution in [3.63, 3.8) is 0 Å². The first kappa shape index (κ1) is 19.6. The molecular formula is C24H24FN5O. The highest BCUT2D eigenvalue weighted by atomic mass is 19.1. The Bertz CT molecular complexity index is 1230. The van der Waals surface area contributed by atoms with E-state index < -0.39 is 5.82 Å². The number of benzene rings is 1. The van der Waals surface area contributed by atoms with E-state index in [0.717, 1.165) is 42.7 Å². The molecule has 0 atom stereocenters. The second-order valence-corrected chi connectivity index (χ2v) is 7.97. The summed E-state index contributed by atoms with van der Waals surface area (Å²) in [6.07, 6.45) is 5.60. The fourth-order valence-corrected chi connectivity index (χ4v) is 4.30. The third kappa shape index (κ3) is 3.55. The van der Waals surface area contributed by atoms with Crippen LogP contribution in [0.5, 0.6) is 5.75 Å². The number of hydrogen-bond acceptors (Lipinski definition) is 5. The number of fused-ring (bicyclic) bond motifs is 1. The van der Waals surface area contributed by atoms with Crippen molar-refractivity contribution in [1.29, 1.82) is 0 Å². The highest BCUT2D eigenvalue weighted by Crippen LogP contribution is 2.34. The van der Waals surface area contributed by atoms with E-state index in [9.17, 15) is 4.39 Å². The monoisotopic (exact) mass is 417 g/mol. The highest BCUT2D eigenvalue weighted by molar-refractivity contribution is 5.93. The van der Waals surface area contributed by atoms with Gasteiger partial charge in [-0.05, 0) is 63.3 Å². The van der Waals surface area contributed by atoms with Crippen molar-refractivity contribution < 1.29 is 9.13 Å². The average Bonchev–Trinajstić information content (AvgIpc) is 3.19. The van der Waals surface area contributed by atoms with Gasteiger partial charge in [0.1, 0.15) is 17.1 Å². The van der Waals surface area contributed by atoms with E-state index in [1.165, 1.54) is 13.2 Å². The number of piperidine rings is 1. The molecule has 0 spiro atoms. The summed E-state index contributed by atoms with van der Waals surface area (Å²) in [6.45, 7) is 2.15. The van der Waals surface area contributed by atoms with Crippen LogP contribution in [0.25, 0.3) is 28.0 Å². The van der Waals surface area contributed by atoms with Gasteiger partial charge in [-0.1, -0.05) is 12.1 Å². The van der Waals surface area contributed by atoms with Gasteiger partial charge in [0.25, 0.3) is 0 Å². The van der Waals surface area contributed by atoms with E-state index in [1.54, 1.807) is 29.2 Å². The summed E-state index contributed by atoms with van der Waals surface area (Å²) in [6, 6.07) is 12.7. The molecular weight excluding hydrogens is 393 g/mol. The van der Waals surface area contributed by atoms with Crippen LogP contribution in [0.2, 0.25) is 0 Å². The molecule has 0 aliphatic carbocycles. The van der Waals surface area contributed by atoms with Crippen molar-refractivity contribution in [3.05, 3.63) is 66.4 Å². The molecule has 0 saturated carbocycles. The summed E-state index contributed by atoms with van der Waals surface area (Å²) < 4.78 is 21.8. The molecule has 1 fully saturated rings. The predicted molar refractivity (Wildman–Crippen MR) is 118 cm³/mol. The quantitative estimate of drug-likeness (QED) is 0.491. The summed E-state index contributed by atoms with van der Waals surface area (Å²) in [5.74, 6) is 0.442. The Hall–Kier alpha value is -3.32. The lowest BCUT2D eigenvalue weighted by atomic mass is 9.93. The number of hydrogen-bond donors (Lipinski definition) is 0. The zero-order valence-corrected chi connectivity index (χ0v) is 17.6. The number of methoxy groups -OCH3 is 1. The topological polar surface area (TPSA) is 56.1 Å². The molecule has 158 valence electrons. The third-order valence-electron chi connectivity index (χ3n) is 6.01. The Labute approximate surface area is 180 Å². The molecule has 1 saturated heterocycles. The fraction of sp³-hybridized carbons (Fsp3) is 0.292. The molecule has 4 heterocycles. The van der Waals surface area contributed by atoms with Crippen LogP contribution in [0.1, 0.15) is 24.5 Å². The SMILES string of the molecule is COc1cccc(F)c1-n1nc(-c2cccc(C3CCN(C)CC3)n2)c2ccncc21. The minimum atomic E-state index is -0.410. The summed E-state index contributed by atoms with van der Waals surface area (Å²) in [5.41, 5.74) is 3.54. The van der Waals surface area contributed by atoms with E-state index in [1.807, 2.05) is 18.2 Å². The minimum absolute atomic E-state index is 0.265. The summed E-state index contributed by atoms with van der Waals surface area (Å²) in [7, 11) is 3.68. The molecule has 31 heavy (non-hydrogen) atoms. The molecule has 6 nitrogen and oxygen atoms in total. The normalized spacial score (nSPS) is 15.5. The van der Waals surface area contributed by atoms with E-state index in [2.05, 4.69) is 23.0 Å². The van der Waals surface area contributed by atoms with Gasteiger partial charge in [0.15, 0.2) is 5.82 Å². The Morgan fingerprint density at radius 3 is 2.68 bits per heavy atom. The maximum absolute atomic E-state index is 14.8. The molecule has 4 aromatic rings. The number of nitrogens with zero attached hydrogens (tertiary/aromatic N) is 5. The minimum Gasteiger partial charge on any atom is -0.494 e. The van der Waals surface area contributed by atoms with Gasteiger partial charge in [-0.15, -0.1) is 0 Å². The second-order valence-electron chi connectivity index (χ2n) is 7.97. The molecule has 1 aliphatic heterocycles. The zero-order valence-electron chi connectivity index (χ0n) is 17.6. The predicted octanol–water partition coefficient (Wildman–Crippen LogP) is 4.44. The Balaban J connectivity index is 1.64. The smallest absolute Gasteiger partial charge is 0.152 e. The van der Waals surface area contributed by atoms with Gasteiger partial charge in [0.2, 0.25) is 0 Å². The Morgan fingerprint density at radius 1 is 1.06 bits per heavy atom. The van der Waals surface area contributed by atoms with E-state index >= 15 is 0 Å². The number of rotatable bonds is 4. The molecule has 0 amide bonds. The zero-order chi connectivity index (χ0) is 21.4. The number of ether oxygens (including phenoxy) is 1. The molecule has 7 heteroatoms. The first-order valence-electron chi connectivity index (χ1n) is 10.5. The number of halogens is 1. The largest absolute Gasteiger partial charge is 0.494 e. The van der Waals surface area contributed by atoms with E-state index in [-0.39, 0.29) is 5.69 Å². The fourth-order valence-electron chi connectivity index (χ4n) is 4.30. The molecule has 0 unspecified atom stereocenters. The summed E-state index contributed by atoms with van der Waals surface area (Å²) in [5, 5.41) is 5.65. The number of para-hydroxylation sites is 1. The van der Waals surface area contributed by atoms with Crippen LogP contribution in [-0.4, -0.2) is 51.9 Å². The first-order valence-corrected chi connectivity index (χ1v) is 10.5. The van der Waals surface area contributed by atoms with Crippen LogP contribution in [0.3, 0.4) is 0 Å². The van der Waals surface area contributed by atoms with Gasteiger partial charge in [-0.3, -0.25) is 9.97 Å². The Morgan fingerprint density at radius 2 is 1.87 bits per heavy atom. The second kappa shape index (κ2) is 8.07. The van der Waals surface area contributed by atoms with Gasteiger partial charge in [-0.2, -0.15) is 5.10 Å².